The van der Waals surface area contributed by atoms with Crippen molar-refractivity contribution in [2.75, 3.05) is 11.4 Å². The Bertz CT molecular complexity index is 974. The molecule has 1 aliphatic rings. The van der Waals surface area contributed by atoms with Gasteiger partial charge in [0.1, 0.15) is 0 Å². The Labute approximate surface area is 183 Å². The number of hydrogen-bond acceptors (Lipinski definition) is 4. The van der Waals surface area contributed by atoms with E-state index in [1.807, 2.05) is 32.0 Å². The lowest BCUT2D eigenvalue weighted by atomic mass is 10.0. The van der Waals surface area contributed by atoms with Gasteiger partial charge in [0, 0.05) is 18.2 Å². The zero-order valence-corrected chi connectivity index (χ0v) is 18.3. The molecule has 0 aliphatic carbocycles. The van der Waals surface area contributed by atoms with E-state index in [0.717, 1.165) is 30.4 Å². The average molecular weight is 430 g/mol. The van der Waals surface area contributed by atoms with E-state index in [1.165, 1.54) is 11.0 Å². The molecule has 3 N–H and O–H groups in total. The Kier molecular flexibility index (Phi) is 7.76. The molecule has 0 bridgehead atoms. The number of rotatable bonds is 7. The SMILES string of the molecule is CCCCC(CN)NC(=O)c1ccc2c(c1)C(=O)N(c1cc(C)ccc1C)C2=O.Cl. The summed E-state index contributed by atoms with van der Waals surface area (Å²) in [6.45, 7) is 6.21. The van der Waals surface area contributed by atoms with Gasteiger partial charge in [-0.2, -0.15) is 0 Å². The molecule has 1 aliphatic heterocycles. The normalized spacial score (nSPS) is 13.7. The van der Waals surface area contributed by atoms with Crippen molar-refractivity contribution in [1.29, 1.82) is 0 Å². The van der Waals surface area contributed by atoms with E-state index in [-0.39, 0.29) is 35.8 Å². The van der Waals surface area contributed by atoms with Gasteiger partial charge in [0.25, 0.3) is 17.7 Å². The summed E-state index contributed by atoms with van der Waals surface area (Å²) >= 11 is 0. The summed E-state index contributed by atoms with van der Waals surface area (Å²) in [5.41, 5.74) is 9.05. The largest absolute Gasteiger partial charge is 0.348 e. The van der Waals surface area contributed by atoms with Crippen molar-refractivity contribution in [3.8, 4) is 0 Å². The molecule has 0 saturated heterocycles. The number of carbonyl (C=O) groups is 3. The van der Waals surface area contributed by atoms with Crippen molar-refractivity contribution in [2.24, 2.45) is 5.73 Å². The summed E-state index contributed by atoms with van der Waals surface area (Å²) in [6, 6.07) is 10.2. The first-order valence-corrected chi connectivity index (χ1v) is 9.98. The number of halogens is 1. The fourth-order valence-corrected chi connectivity index (χ4v) is 3.53. The summed E-state index contributed by atoms with van der Waals surface area (Å²) in [4.78, 5) is 39.7. The average Bonchev–Trinajstić information content (AvgIpc) is 2.96. The molecule has 160 valence electrons. The second-order valence-corrected chi connectivity index (χ2v) is 7.54. The first-order chi connectivity index (χ1) is 13.9. The second-order valence-electron chi connectivity index (χ2n) is 7.54. The minimum atomic E-state index is -0.408. The number of fused-ring (bicyclic) bond motifs is 1. The highest BCUT2D eigenvalue weighted by molar-refractivity contribution is 6.35. The summed E-state index contributed by atoms with van der Waals surface area (Å²) < 4.78 is 0. The molecule has 7 heteroatoms. The lowest BCUT2D eigenvalue weighted by Crippen LogP contribution is -2.40. The Hall–Kier alpha value is -2.70. The van der Waals surface area contributed by atoms with Gasteiger partial charge in [-0.25, -0.2) is 4.90 Å². The third-order valence-corrected chi connectivity index (χ3v) is 5.28. The van der Waals surface area contributed by atoms with Crippen LogP contribution in [-0.2, 0) is 0 Å². The topological polar surface area (TPSA) is 92.5 Å². The predicted octanol–water partition coefficient (Wildman–Crippen LogP) is 3.77. The van der Waals surface area contributed by atoms with Crippen molar-refractivity contribution < 1.29 is 14.4 Å². The van der Waals surface area contributed by atoms with Crippen LogP contribution in [0.4, 0.5) is 5.69 Å². The number of hydrogen-bond donors (Lipinski definition) is 2. The van der Waals surface area contributed by atoms with Crippen LogP contribution in [0.1, 0.15) is 68.4 Å². The van der Waals surface area contributed by atoms with E-state index >= 15 is 0 Å². The number of nitrogens with zero attached hydrogens (tertiary/aromatic N) is 1. The molecule has 1 atom stereocenters. The van der Waals surface area contributed by atoms with Crippen LogP contribution in [0, 0.1) is 13.8 Å². The highest BCUT2D eigenvalue weighted by atomic mass is 35.5. The van der Waals surface area contributed by atoms with Crippen LogP contribution in [0.2, 0.25) is 0 Å². The van der Waals surface area contributed by atoms with Crippen molar-refractivity contribution >= 4 is 35.8 Å². The maximum atomic E-state index is 13.0. The monoisotopic (exact) mass is 429 g/mol. The second kappa shape index (κ2) is 9.87. The molecule has 0 fully saturated rings. The van der Waals surface area contributed by atoms with Gasteiger partial charge in [-0.15, -0.1) is 12.4 Å². The quantitative estimate of drug-likeness (QED) is 0.655. The van der Waals surface area contributed by atoms with E-state index in [1.54, 1.807) is 12.1 Å². The van der Waals surface area contributed by atoms with E-state index < -0.39 is 5.91 Å². The van der Waals surface area contributed by atoms with E-state index in [9.17, 15) is 14.4 Å². The van der Waals surface area contributed by atoms with Gasteiger partial charge in [-0.1, -0.05) is 31.9 Å². The first-order valence-electron chi connectivity index (χ1n) is 9.98. The van der Waals surface area contributed by atoms with Gasteiger partial charge in [0.2, 0.25) is 0 Å². The number of benzene rings is 2. The summed E-state index contributed by atoms with van der Waals surface area (Å²) in [6.07, 6.45) is 2.81. The van der Waals surface area contributed by atoms with Crippen LogP contribution < -0.4 is 16.0 Å². The lowest BCUT2D eigenvalue weighted by molar-refractivity contribution is 0.0920. The van der Waals surface area contributed by atoms with Crippen molar-refractivity contribution in [2.45, 2.75) is 46.1 Å². The summed E-state index contributed by atoms with van der Waals surface area (Å²) in [5.74, 6) is -1.06. The minimum Gasteiger partial charge on any atom is -0.348 e. The third kappa shape index (κ3) is 4.55. The van der Waals surface area contributed by atoms with Crippen molar-refractivity contribution in [3.63, 3.8) is 0 Å². The number of anilines is 1. The molecule has 0 saturated carbocycles. The highest BCUT2D eigenvalue weighted by Crippen LogP contribution is 2.31. The first kappa shape index (κ1) is 23.6. The zero-order valence-electron chi connectivity index (χ0n) is 17.5. The maximum Gasteiger partial charge on any atom is 0.266 e. The zero-order chi connectivity index (χ0) is 21.1. The van der Waals surface area contributed by atoms with Gasteiger partial charge in [-0.3, -0.25) is 14.4 Å². The molecule has 2 aromatic rings. The number of nitrogens with two attached hydrogens (primary N) is 1. The van der Waals surface area contributed by atoms with Crippen molar-refractivity contribution in [3.05, 3.63) is 64.2 Å². The van der Waals surface area contributed by atoms with Gasteiger partial charge in [0.05, 0.1) is 16.8 Å². The summed E-state index contributed by atoms with van der Waals surface area (Å²) in [7, 11) is 0. The molecule has 3 rings (SSSR count). The Morgan fingerprint density at radius 1 is 1.07 bits per heavy atom. The van der Waals surface area contributed by atoms with E-state index in [0.29, 0.717) is 23.4 Å². The fourth-order valence-electron chi connectivity index (χ4n) is 3.53. The van der Waals surface area contributed by atoms with Crippen LogP contribution in [0.5, 0.6) is 0 Å². The van der Waals surface area contributed by atoms with E-state index in [4.69, 9.17) is 5.73 Å². The number of unbranched alkanes of at least 4 members (excludes halogenated alkanes) is 1. The molecule has 0 spiro atoms. The van der Waals surface area contributed by atoms with Crippen LogP contribution in [0.15, 0.2) is 36.4 Å². The Morgan fingerprint density at radius 3 is 2.43 bits per heavy atom. The number of amides is 3. The molecule has 0 aromatic heterocycles. The van der Waals surface area contributed by atoms with Crippen LogP contribution in [0.3, 0.4) is 0 Å². The highest BCUT2D eigenvalue weighted by Gasteiger charge is 2.37. The molecule has 0 radical (unpaired) electrons. The fraction of sp³-hybridized carbons (Fsp3) is 0.348. The Morgan fingerprint density at radius 2 is 1.77 bits per heavy atom. The lowest BCUT2D eigenvalue weighted by Gasteiger charge is -2.17. The van der Waals surface area contributed by atoms with Gasteiger partial charge in [0.15, 0.2) is 0 Å². The molecule has 1 unspecified atom stereocenters. The molecule has 2 aromatic carbocycles. The molecule has 30 heavy (non-hydrogen) atoms. The van der Waals surface area contributed by atoms with Crippen LogP contribution in [-0.4, -0.2) is 30.3 Å². The standard InChI is InChI=1S/C23H27N3O3.ClH/c1-4-5-6-17(13-24)25-21(27)16-9-10-18-19(12-16)23(29)26(22(18)28)20-11-14(2)7-8-15(20)3;/h7-12,17H,4-6,13,24H2,1-3H3,(H,25,27);1H. The minimum absolute atomic E-state index is 0. The molecule has 6 nitrogen and oxygen atoms in total. The molecular weight excluding hydrogens is 402 g/mol. The maximum absolute atomic E-state index is 13.0. The van der Waals surface area contributed by atoms with Crippen LogP contribution >= 0.6 is 12.4 Å². The molecule has 3 amide bonds. The number of aryl methyl sites for hydroxylation is 2. The Balaban J connectivity index is 0.00000320. The number of imide groups is 1. The molecule has 1 heterocycles. The smallest absolute Gasteiger partial charge is 0.266 e. The van der Waals surface area contributed by atoms with Crippen LogP contribution in [0.25, 0.3) is 0 Å². The van der Waals surface area contributed by atoms with E-state index in [2.05, 4.69) is 12.2 Å². The number of carbonyl (C=O) groups excluding carboxylic acids is 3. The predicted molar refractivity (Wildman–Crippen MR) is 121 cm³/mol. The van der Waals surface area contributed by atoms with Gasteiger partial charge >= 0.3 is 0 Å². The van der Waals surface area contributed by atoms with Gasteiger partial charge in [-0.05, 0) is 55.7 Å². The van der Waals surface area contributed by atoms with Crippen molar-refractivity contribution in [1.82, 2.24) is 5.32 Å². The number of nitrogens with one attached hydrogen (secondary N) is 1. The third-order valence-electron chi connectivity index (χ3n) is 5.28. The molecular formula is C23H28ClN3O3. The summed E-state index contributed by atoms with van der Waals surface area (Å²) in [5, 5.41) is 2.92. The van der Waals surface area contributed by atoms with Gasteiger partial charge < -0.3 is 11.1 Å².